The smallest absolute Gasteiger partial charge is 0.0791 e. The van der Waals surface area contributed by atoms with Crippen LogP contribution in [0.4, 0.5) is 0 Å². The number of hydrogen-bond donors (Lipinski definition) is 2. The zero-order chi connectivity index (χ0) is 13.2. The van der Waals surface area contributed by atoms with Crippen molar-refractivity contribution in [3.63, 3.8) is 0 Å². The maximum absolute atomic E-state index is 9.90. The topological polar surface area (TPSA) is 54.0 Å². The normalized spacial score (nSPS) is 20.2. The Morgan fingerprint density at radius 3 is 2.61 bits per heavy atom. The summed E-state index contributed by atoms with van der Waals surface area (Å²) in [5.74, 6) is 0.697. The quantitative estimate of drug-likeness (QED) is 0.569. The predicted molar refractivity (Wildman–Crippen MR) is 71.8 cm³/mol. The zero-order valence-electron chi connectivity index (χ0n) is 11.7. The van der Waals surface area contributed by atoms with Crippen molar-refractivity contribution < 1.29 is 14.6 Å². The van der Waals surface area contributed by atoms with E-state index in [0.717, 1.165) is 32.8 Å². The summed E-state index contributed by atoms with van der Waals surface area (Å²) in [6.07, 6.45) is 2.07. The molecule has 0 amide bonds. The Hall–Kier alpha value is -0.200. The van der Waals surface area contributed by atoms with Gasteiger partial charge in [0.2, 0.25) is 0 Å². The lowest BCUT2D eigenvalue weighted by Gasteiger charge is -2.32. The Bertz CT molecular complexity index is 197. The Kier molecular flexibility index (Phi) is 8.54. The molecule has 108 valence electrons. The van der Waals surface area contributed by atoms with Crippen LogP contribution in [-0.4, -0.2) is 76.3 Å². The zero-order valence-corrected chi connectivity index (χ0v) is 11.7. The van der Waals surface area contributed by atoms with Gasteiger partial charge in [-0.25, -0.2) is 0 Å². The Labute approximate surface area is 110 Å². The van der Waals surface area contributed by atoms with Crippen molar-refractivity contribution in [2.45, 2.75) is 18.9 Å². The van der Waals surface area contributed by atoms with Crippen molar-refractivity contribution in [1.82, 2.24) is 10.2 Å². The molecule has 0 aromatic carbocycles. The summed E-state index contributed by atoms with van der Waals surface area (Å²) >= 11 is 0. The van der Waals surface area contributed by atoms with Crippen molar-refractivity contribution in [3.8, 4) is 0 Å². The van der Waals surface area contributed by atoms with Gasteiger partial charge in [0.15, 0.2) is 0 Å². The SMILES string of the molecule is COCCNCC(O)CN1CCC(COC)CC1. The molecule has 1 heterocycles. The van der Waals surface area contributed by atoms with E-state index >= 15 is 0 Å². The number of β-amino-alcohol motifs (C(OH)–C–C–N with tert-alkyl or cyclic N) is 1. The number of nitrogens with one attached hydrogen (secondary N) is 1. The lowest BCUT2D eigenvalue weighted by atomic mass is 9.97. The molecule has 1 aliphatic heterocycles. The van der Waals surface area contributed by atoms with Gasteiger partial charge >= 0.3 is 0 Å². The first-order valence-electron chi connectivity index (χ1n) is 6.85. The molecule has 0 aliphatic carbocycles. The molecule has 1 unspecified atom stereocenters. The molecule has 2 N–H and O–H groups in total. The van der Waals surface area contributed by atoms with Crippen LogP contribution in [0.5, 0.6) is 0 Å². The van der Waals surface area contributed by atoms with Crippen molar-refractivity contribution in [2.24, 2.45) is 5.92 Å². The molecule has 1 fully saturated rings. The van der Waals surface area contributed by atoms with E-state index in [4.69, 9.17) is 9.47 Å². The Morgan fingerprint density at radius 1 is 1.28 bits per heavy atom. The van der Waals surface area contributed by atoms with Crippen LogP contribution < -0.4 is 5.32 Å². The van der Waals surface area contributed by atoms with Gasteiger partial charge in [-0.15, -0.1) is 0 Å². The fourth-order valence-corrected chi connectivity index (χ4v) is 2.38. The second-order valence-corrected chi connectivity index (χ2v) is 5.05. The van der Waals surface area contributed by atoms with E-state index in [1.54, 1.807) is 14.2 Å². The van der Waals surface area contributed by atoms with Gasteiger partial charge in [0.25, 0.3) is 0 Å². The van der Waals surface area contributed by atoms with Crippen molar-refractivity contribution in [2.75, 3.05) is 60.2 Å². The minimum Gasteiger partial charge on any atom is -0.390 e. The van der Waals surface area contributed by atoms with E-state index in [-0.39, 0.29) is 6.10 Å². The summed E-state index contributed by atoms with van der Waals surface area (Å²) in [6, 6.07) is 0. The van der Waals surface area contributed by atoms with Gasteiger partial charge in [-0.05, 0) is 31.8 Å². The summed E-state index contributed by atoms with van der Waals surface area (Å²) in [7, 11) is 3.45. The number of likely N-dealkylation sites (tertiary alicyclic amines) is 1. The molecule has 0 radical (unpaired) electrons. The fraction of sp³-hybridized carbons (Fsp3) is 1.00. The van der Waals surface area contributed by atoms with Crippen LogP contribution in [0.25, 0.3) is 0 Å². The van der Waals surface area contributed by atoms with Gasteiger partial charge in [-0.3, -0.25) is 0 Å². The van der Waals surface area contributed by atoms with Gasteiger partial charge in [0, 0.05) is 40.5 Å². The Morgan fingerprint density at radius 2 is 2.00 bits per heavy atom. The summed E-state index contributed by atoms with van der Waals surface area (Å²) < 4.78 is 10.1. The molecular formula is C13H28N2O3. The summed E-state index contributed by atoms with van der Waals surface area (Å²) in [4.78, 5) is 2.34. The standard InChI is InChI=1S/C13H28N2O3/c1-17-8-5-14-9-13(16)10-15-6-3-12(4-7-15)11-18-2/h12-14,16H,3-11H2,1-2H3. The van der Waals surface area contributed by atoms with Crippen LogP contribution in [0.2, 0.25) is 0 Å². The molecular weight excluding hydrogens is 232 g/mol. The monoisotopic (exact) mass is 260 g/mol. The second-order valence-electron chi connectivity index (χ2n) is 5.05. The maximum atomic E-state index is 9.90. The highest BCUT2D eigenvalue weighted by atomic mass is 16.5. The molecule has 5 nitrogen and oxygen atoms in total. The molecule has 0 saturated carbocycles. The van der Waals surface area contributed by atoms with E-state index < -0.39 is 0 Å². The second kappa shape index (κ2) is 9.69. The number of aliphatic hydroxyl groups excluding tert-OH is 1. The molecule has 0 bridgehead atoms. The minimum atomic E-state index is -0.291. The average molecular weight is 260 g/mol. The van der Waals surface area contributed by atoms with E-state index in [1.165, 1.54) is 12.8 Å². The number of hydrogen-bond acceptors (Lipinski definition) is 5. The molecule has 1 saturated heterocycles. The van der Waals surface area contributed by atoms with Crippen molar-refractivity contribution in [1.29, 1.82) is 0 Å². The minimum absolute atomic E-state index is 0.291. The first-order valence-corrected chi connectivity index (χ1v) is 6.85. The third-order valence-electron chi connectivity index (χ3n) is 3.44. The largest absolute Gasteiger partial charge is 0.390 e. The predicted octanol–water partition coefficient (Wildman–Crippen LogP) is -0.0583. The van der Waals surface area contributed by atoms with Crippen LogP contribution in [0, 0.1) is 5.92 Å². The van der Waals surface area contributed by atoms with Gasteiger partial charge in [-0.1, -0.05) is 0 Å². The third-order valence-corrected chi connectivity index (χ3v) is 3.44. The van der Waals surface area contributed by atoms with Crippen molar-refractivity contribution in [3.05, 3.63) is 0 Å². The lowest BCUT2D eigenvalue weighted by molar-refractivity contribution is 0.0650. The first kappa shape index (κ1) is 15.9. The lowest BCUT2D eigenvalue weighted by Crippen LogP contribution is -2.43. The van der Waals surface area contributed by atoms with Gasteiger partial charge < -0.3 is 24.8 Å². The molecule has 1 aliphatic rings. The highest BCUT2D eigenvalue weighted by molar-refractivity contribution is 4.74. The Balaban J connectivity index is 2.05. The van der Waals surface area contributed by atoms with Gasteiger partial charge in [-0.2, -0.15) is 0 Å². The summed E-state index contributed by atoms with van der Waals surface area (Å²) in [5.41, 5.74) is 0. The summed E-state index contributed by atoms with van der Waals surface area (Å²) in [5, 5.41) is 13.1. The fourth-order valence-electron chi connectivity index (χ4n) is 2.38. The summed E-state index contributed by atoms with van der Waals surface area (Å²) in [6.45, 7) is 5.90. The van der Waals surface area contributed by atoms with Crippen LogP contribution in [0.1, 0.15) is 12.8 Å². The van der Waals surface area contributed by atoms with Crippen molar-refractivity contribution >= 4 is 0 Å². The number of aliphatic hydroxyl groups is 1. The molecule has 1 rings (SSSR count). The van der Waals surface area contributed by atoms with Crippen LogP contribution in [0.3, 0.4) is 0 Å². The van der Waals surface area contributed by atoms with E-state index in [9.17, 15) is 5.11 Å². The maximum Gasteiger partial charge on any atom is 0.0791 e. The molecule has 1 atom stereocenters. The van der Waals surface area contributed by atoms with E-state index in [2.05, 4.69) is 10.2 Å². The number of ether oxygens (including phenoxy) is 2. The average Bonchev–Trinajstić information content (AvgIpc) is 2.37. The first-order chi connectivity index (χ1) is 8.76. The van der Waals surface area contributed by atoms with Crippen LogP contribution in [0.15, 0.2) is 0 Å². The van der Waals surface area contributed by atoms with Gasteiger partial charge in [0.1, 0.15) is 0 Å². The van der Waals surface area contributed by atoms with E-state index in [1.807, 2.05) is 0 Å². The number of methoxy groups -OCH3 is 2. The number of nitrogens with zero attached hydrogens (tertiary/aromatic N) is 1. The molecule has 0 aromatic heterocycles. The molecule has 5 heteroatoms. The molecule has 18 heavy (non-hydrogen) atoms. The number of rotatable bonds is 9. The van der Waals surface area contributed by atoms with Crippen LogP contribution >= 0.6 is 0 Å². The molecule has 0 spiro atoms. The third kappa shape index (κ3) is 6.66. The van der Waals surface area contributed by atoms with E-state index in [0.29, 0.717) is 19.1 Å². The number of piperidine rings is 1. The molecule has 0 aromatic rings. The van der Waals surface area contributed by atoms with Crippen LogP contribution in [-0.2, 0) is 9.47 Å². The highest BCUT2D eigenvalue weighted by Crippen LogP contribution is 2.17. The highest BCUT2D eigenvalue weighted by Gasteiger charge is 2.20. The van der Waals surface area contributed by atoms with Gasteiger partial charge in [0.05, 0.1) is 12.7 Å².